The van der Waals surface area contributed by atoms with Crippen LogP contribution < -0.4 is 10.6 Å². The van der Waals surface area contributed by atoms with Crippen molar-refractivity contribution >= 4 is 5.91 Å². The number of aryl methyl sites for hydroxylation is 1. The first-order chi connectivity index (χ1) is 8.66. The topological polar surface area (TPSA) is 59.0 Å². The molecule has 5 nitrogen and oxygen atoms in total. The maximum Gasteiger partial charge on any atom is 0.234 e. The van der Waals surface area contributed by atoms with E-state index in [1.54, 1.807) is 6.20 Å². The number of amides is 1. The molecule has 1 amide bonds. The average Bonchev–Trinajstić information content (AvgIpc) is 2.97. The molecule has 2 N–H and O–H groups in total. The van der Waals surface area contributed by atoms with Gasteiger partial charge in [-0.25, -0.2) is 0 Å². The van der Waals surface area contributed by atoms with Crippen molar-refractivity contribution in [2.75, 3.05) is 6.54 Å². The maximum atomic E-state index is 11.7. The highest BCUT2D eigenvalue weighted by atomic mass is 16.1. The van der Waals surface area contributed by atoms with Crippen LogP contribution in [0.25, 0.3) is 0 Å². The van der Waals surface area contributed by atoms with E-state index in [1.165, 1.54) is 25.7 Å². The first-order valence-corrected chi connectivity index (χ1v) is 6.64. The molecule has 1 aromatic rings. The van der Waals surface area contributed by atoms with E-state index >= 15 is 0 Å². The van der Waals surface area contributed by atoms with Crippen LogP contribution in [0, 0.1) is 6.92 Å². The molecule has 1 fully saturated rings. The number of carbonyl (C=O) groups is 1. The fourth-order valence-corrected chi connectivity index (χ4v) is 2.34. The lowest BCUT2D eigenvalue weighted by Gasteiger charge is -2.11. The van der Waals surface area contributed by atoms with Gasteiger partial charge >= 0.3 is 0 Å². The second-order valence-corrected chi connectivity index (χ2v) is 5.02. The molecular formula is C13H22N4O. The van der Waals surface area contributed by atoms with E-state index in [0.29, 0.717) is 19.1 Å². The number of hydrogen-bond acceptors (Lipinski definition) is 3. The van der Waals surface area contributed by atoms with Crippen LogP contribution in [0.2, 0.25) is 0 Å². The van der Waals surface area contributed by atoms with Crippen molar-refractivity contribution in [1.82, 2.24) is 20.4 Å². The van der Waals surface area contributed by atoms with Gasteiger partial charge in [-0.05, 0) is 19.8 Å². The summed E-state index contributed by atoms with van der Waals surface area (Å²) in [6.07, 6.45) is 6.78. The highest BCUT2D eigenvalue weighted by Crippen LogP contribution is 2.17. The lowest BCUT2D eigenvalue weighted by Crippen LogP contribution is -2.37. The summed E-state index contributed by atoms with van der Waals surface area (Å²) in [5.74, 6) is 0.0603. The Morgan fingerprint density at radius 1 is 1.50 bits per heavy atom. The van der Waals surface area contributed by atoms with E-state index < -0.39 is 0 Å². The molecule has 0 radical (unpaired) electrons. The minimum atomic E-state index is 0.0603. The van der Waals surface area contributed by atoms with Crippen LogP contribution in [0.15, 0.2) is 6.20 Å². The van der Waals surface area contributed by atoms with Gasteiger partial charge in [0.25, 0.3) is 0 Å². The summed E-state index contributed by atoms with van der Waals surface area (Å²) in [6.45, 7) is 2.99. The Kier molecular flexibility index (Phi) is 4.36. The number of hydrogen-bond donors (Lipinski definition) is 2. The Hall–Kier alpha value is -1.36. The molecule has 1 aliphatic carbocycles. The highest BCUT2D eigenvalue weighted by Gasteiger charge is 2.15. The molecule has 1 aromatic heterocycles. The van der Waals surface area contributed by atoms with Gasteiger partial charge in [-0.15, -0.1) is 0 Å². The van der Waals surface area contributed by atoms with Crippen LogP contribution >= 0.6 is 0 Å². The zero-order chi connectivity index (χ0) is 13.0. The van der Waals surface area contributed by atoms with Crippen molar-refractivity contribution < 1.29 is 4.79 Å². The Morgan fingerprint density at radius 2 is 2.22 bits per heavy atom. The molecule has 0 atom stereocenters. The number of aromatic nitrogens is 2. The summed E-state index contributed by atoms with van der Waals surface area (Å²) in [7, 11) is 1.91. The van der Waals surface area contributed by atoms with Crippen molar-refractivity contribution in [3.8, 4) is 0 Å². The van der Waals surface area contributed by atoms with Gasteiger partial charge in [-0.1, -0.05) is 12.8 Å². The second kappa shape index (κ2) is 6.00. The summed E-state index contributed by atoms with van der Waals surface area (Å²) < 4.78 is 1.82. The van der Waals surface area contributed by atoms with Gasteiger partial charge < -0.3 is 10.6 Å². The van der Waals surface area contributed by atoms with E-state index in [2.05, 4.69) is 15.7 Å². The lowest BCUT2D eigenvalue weighted by molar-refractivity contribution is -0.120. The van der Waals surface area contributed by atoms with Gasteiger partial charge in [-0.3, -0.25) is 9.48 Å². The minimum Gasteiger partial charge on any atom is -0.351 e. The summed E-state index contributed by atoms with van der Waals surface area (Å²) in [5, 5.41) is 10.4. The van der Waals surface area contributed by atoms with E-state index in [4.69, 9.17) is 0 Å². The first kappa shape index (κ1) is 13.1. The number of nitrogens with zero attached hydrogens (tertiary/aromatic N) is 2. The van der Waals surface area contributed by atoms with Gasteiger partial charge in [0.1, 0.15) is 0 Å². The molecule has 1 aliphatic rings. The van der Waals surface area contributed by atoms with Crippen LogP contribution in [-0.2, 0) is 18.4 Å². The molecule has 1 saturated carbocycles. The Bertz CT molecular complexity index is 407. The van der Waals surface area contributed by atoms with Gasteiger partial charge in [0, 0.05) is 30.9 Å². The molecular weight excluding hydrogens is 228 g/mol. The molecule has 1 heterocycles. The fraction of sp³-hybridized carbons (Fsp3) is 0.692. The zero-order valence-electron chi connectivity index (χ0n) is 11.2. The van der Waals surface area contributed by atoms with Crippen molar-refractivity contribution in [3.05, 3.63) is 17.5 Å². The Labute approximate surface area is 108 Å². The van der Waals surface area contributed by atoms with Crippen LogP contribution in [0.1, 0.15) is 36.9 Å². The van der Waals surface area contributed by atoms with Crippen LogP contribution in [0.5, 0.6) is 0 Å². The van der Waals surface area contributed by atoms with Crippen molar-refractivity contribution in [1.29, 1.82) is 0 Å². The minimum absolute atomic E-state index is 0.0603. The van der Waals surface area contributed by atoms with Gasteiger partial charge in [0.05, 0.1) is 12.7 Å². The molecule has 0 saturated heterocycles. The van der Waals surface area contributed by atoms with E-state index in [9.17, 15) is 4.79 Å². The largest absolute Gasteiger partial charge is 0.351 e. The number of nitrogens with one attached hydrogen (secondary N) is 2. The van der Waals surface area contributed by atoms with Gasteiger partial charge in [0.15, 0.2) is 0 Å². The normalized spacial score (nSPS) is 16.1. The summed E-state index contributed by atoms with van der Waals surface area (Å²) in [5.41, 5.74) is 2.17. The zero-order valence-corrected chi connectivity index (χ0v) is 11.2. The summed E-state index contributed by atoms with van der Waals surface area (Å²) >= 11 is 0. The fourth-order valence-electron chi connectivity index (χ4n) is 2.34. The van der Waals surface area contributed by atoms with Gasteiger partial charge in [0.2, 0.25) is 5.91 Å². The Balaban J connectivity index is 1.69. The third-order valence-electron chi connectivity index (χ3n) is 3.72. The summed E-state index contributed by atoms with van der Waals surface area (Å²) in [4.78, 5) is 11.7. The van der Waals surface area contributed by atoms with Gasteiger partial charge in [-0.2, -0.15) is 5.10 Å². The SMILES string of the molecule is Cc1c(CNC(=O)CNC2CCCC2)cnn1C. The average molecular weight is 250 g/mol. The summed E-state index contributed by atoms with van der Waals surface area (Å²) in [6, 6.07) is 0.538. The maximum absolute atomic E-state index is 11.7. The predicted octanol–water partition coefficient (Wildman–Crippen LogP) is 0.877. The van der Waals surface area contributed by atoms with Crippen LogP contribution in [0.4, 0.5) is 0 Å². The van der Waals surface area contributed by atoms with Crippen molar-refractivity contribution in [2.45, 2.75) is 45.2 Å². The van der Waals surface area contributed by atoms with E-state index in [-0.39, 0.29) is 5.91 Å². The molecule has 18 heavy (non-hydrogen) atoms. The smallest absolute Gasteiger partial charge is 0.234 e. The molecule has 2 rings (SSSR count). The van der Waals surface area contributed by atoms with Crippen molar-refractivity contribution in [2.24, 2.45) is 7.05 Å². The second-order valence-electron chi connectivity index (χ2n) is 5.02. The Morgan fingerprint density at radius 3 is 2.83 bits per heavy atom. The quantitative estimate of drug-likeness (QED) is 0.815. The molecule has 5 heteroatoms. The molecule has 0 unspecified atom stereocenters. The number of rotatable bonds is 5. The number of carbonyl (C=O) groups excluding carboxylic acids is 1. The monoisotopic (exact) mass is 250 g/mol. The van der Waals surface area contributed by atoms with Crippen molar-refractivity contribution in [3.63, 3.8) is 0 Å². The lowest BCUT2D eigenvalue weighted by atomic mass is 10.2. The molecule has 0 aliphatic heterocycles. The predicted molar refractivity (Wildman–Crippen MR) is 70.1 cm³/mol. The third kappa shape index (κ3) is 3.32. The molecule has 0 aromatic carbocycles. The van der Waals surface area contributed by atoms with E-state index in [1.807, 2.05) is 18.7 Å². The first-order valence-electron chi connectivity index (χ1n) is 6.64. The standard InChI is InChI=1S/C13H22N4O/c1-10-11(8-16-17(10)2)7-15-13(18)9-14-12-5-3-4-6-12/h8,12,14H,3-7,9H2,1-2H3,(H,15,18). The van der Waals surface area contributed by atoms with Crippen LogP contribution in [0.3, 0.4) is 0 Å². The third-order valence-corrected chi connectivity index (χ3v) is 3.72. The van der Waals surface area contributed by atoms with E-state index in [0.717, 1.165) is 11.3 Å². The molecule has 0 spiro atoms. The molecule has 100 valence electrons. The molecule has 0 bridgehead atoms. The van der Waals surface area contributed by atoms with Crippen LogP contribution in [-0.4, -0.2) is 28.3 Å². The highest BCUT2D eigenvalue weighted by molar-refractivity contribution is 5.78.